The van der Waals surface area contributed by atoms with Crippen molar-refractivity contribution in [3.63, 3.8) is 0 Å². The van der Waals surface area contributed by atoms with Crippen LogP contribution in [-0.2, 0) is 0 Å². The zero-order chi connectivity index (χ0) is 36.1. The van der Waals surface area contributed by atoms with Crippen LogP contribution in [0.25, 0.3) is 22.3 Å². The van der Waals surface area contributed by atoms with Crippen LogP contribution in [0.2, 0.25) is 0 Å². The first-order valence-corrected chi connectivity index (χ1v) is 20.8. The maximum Gasteiger partial charge on any atom is 0.434 e. The Morgan fingerprint density at radius 1 is 0.309 bits per heavy atom. The Balaban J connectivity index is 1.21. The molecule has 0 saturated heterocycles. The van der Waals surface area contributed by atoms with Crippen molar-refractivity contribution < 1.29 is 18.8 Å². The van der Waals surface area contributed by atoms with Crippen LogP contribution in [0, 0.1) is 0 Å². The van der Waals surface area contributed by atoms with Crippen molar-refractivity contribution in [3.8, 4) is 56.8 Å². The number of hydrogen-bond donors (Lipinski definition) is 0. The largest absolute Gasteiger partial charge is 0.551 e. The minimum Gasteiger partial charge on any atom is -0.551 e. The van der Waals surface area contributed by atoms with Crippen molar-refractivity contribution in [3.05, 3.63) is 182 Å². The summed E-state index contributed by atoms with van der Waals surface area (Å²) >= 11 is 0. The molecule has 0 unspecified atom stereocenters. The lowest BCUT2D eigenvalue weighted by Gasteiger charge is -2.39. The van der Waals surface area contributed by atoms with Gasteiger partial charge in [-0.3, -0.25) is 0 Å². The number of fused-ring (bicyclic) bond motifs is 8. The number of para-hydroxylation sites is 4. The summed E-state index contributed by atoms with van der Waals surface area (Å²) < 4.78 is 27.5. The molecule has 0 spiro atoms. The molecule has 0 atom stereocenters. The molecule has 4 aliphatic rings. The number of benzene rings is 8. The lowest BCUT2D eigenvalue weighted by Crippen LogP contribution is -2.75. The van der Waals surface area contributed by atoms with Crippen LogP contribution in [0.4, 0.5) is 0 Å². The van der Waals surface area contributed by atoms with Crippen molar-refractivity contribution in [2.75, 3.05) is 0 Å². The monoisotopic (exact) mass is 720 g/mol. The molecule has 55 heavy (non-hydrogen) atoms. The molecule has 0 fully saturated rings. The summed E-state index contributed by atoms with van der Waals surface area (Å²) in [5.74, 6) is 5.05. The Bertz CT molecular complexity index is 2670. The van der Waals surface area contributed by atoms with Gasteiger partial charge in [0.1, 0.15) is 34.5 Å². The van der Waals surface area contributed by atoms with Crippen LogP contribution in [-0.4, -0.2) is 21.9 Å². The van der Waals surface area contributed by atoms with E-state index in [1.165, 1.54) is 20.7 Å². The Labute approximate surface area is 320 Å². The van der Waals surface area contributed by atoms with Gasteiger partial charge < -0.3 is 18.8 Å². The standard InChI is InChI=1S/C48H30B2O4Si/c1-3-15-31(16-4-1)55(32-17-5-2-6-18-32,33-27-37-35-19-7-11-23-41(35)53-49-39-21-9-13-25-43(39)51-45(29-33)47(37)49)34-28-38-36-20-8-12-24-42(36)54-50-40-22-10-14-26-44(40)52-46(30-34)48(38)50/h1-30H. The van der Waals surface area contributed by atoms with Gasteiger partial charge in [-0.2, -0.15) is 0 Å². The number of hydrogen-bond acceptors (Lipinski definition) is 4. The molecule has 4 heterocycles. The molecule has 0 saturated carbocycles. The molecule has 8 aromatic carbocycles. The maximum atomic E-state index is 6.93. The van der Waals surface area contributed by atoms with E-state index in [4.69, 9.17) is 18.8 Å². The summed E-state index contributed by atoms with van der Waals surface area (Å²) in [7, 11) is -3.18. The van der Waals surface area contributed by atoms with Gasteiger partial charge in [0, 0.05) is 33.0 Å². The smallest absolute Gasteiger partial charge is 0.434 e. The fourth-order valence-electron chi connectivity index (χ4n) is 9.43. The van der Waals surface area contributed by atoms with E-state index in [2.05, 4.69) is 158 Å². The SMILES string of the molecule is c1ccc([Si](c2ccccc2)(c2cc3c4c(c2)-c2ccccc2OB4c2ccccc2O3)c2cc3c4c(c2)-c2ccccc2OB4c2ccccc2O3)cc1. The Hall–Kier alpha value is -6.69. The molecular weight excluding hydrogens is 690 g/mol. The lowest BCUT2D eigenvalue weighted by molar-refractivity contribution is 0.479. The van der Waals surface area contributed by atoms with Crippen LogP contribution >= 0.6 is 0 Å². The van der Waals surface area contributed by atoms with Crippen molar-refractivity contribution in [2.45, 2.75) is 0 Å². The molecule has 4 aliphatic heterocycles. The highest BCUT2D eigenvalue weighted by molar-refractivity contribution is 7.20. The second-order valence-corrected chi connectivity index (χ2v) is 18.4. The molecule has 0 radical (unpaired) electrons. The second-order valence-electron chi connectivity index (χ2n) is 14.6. The normalized spacial score (nSPS) is 13.6. The van der Waals surface area contributed by atoms with Crippen LogP contribution in [0.15, 0.2) is 182 Å². The number of ether oxygens (including phenoxy) is 2. The van der Waals surface area contributed by atoms with Gasteiger partial charge in [0.2, 0.25) is 0 Å². The topological polar surface area (TPSA) is 36.9 Å². The Morgan fingerprint density at radius 2 is 0.691 bits per heavy atom. The van der Waals surface area contributed by atoms with Crippen LogP contribution < -0.4 is 61.4 Å². The first-order valence-electron chi connectivity index (χ1n) is 18.8. The van der Waals surface area contributed by atoms with Crippen LogP contribution in [0.5, 0.6) is 34.5 Å². The molecule has 7 heteroatoms. The van der Waals surface area contributed by atoms with E-state index in [0.717, 1.165) is 78.6 Å². The van der Waals surface area contributed by atoms with Gasteiger partial charge in [0.25, 0.3) is 0 Å². The van der Waals surface area contributed by atoms with Gasteiger partial charge in [-0.1, -0.05) is 146 Å². The second kappa shape index (κ2) is 11.7. The predicted molar refractivity (Wildman–Crippen MR) is 225 cm³/mol. The summed E-state index contributed by atoms with van der Waals surface area (Å²) in [5, 5.41) is 4.96. The summed E-state index contributed by atoms with van der Waals surface area (Å²) in [5.41, 5.74) is 8.63. The molecule has 0 aromatic heterocycles. The lowest BCUT2D eigenvalue weighted by atomic mass is 9.51. The Morgan fingerprint density at radius 3 is 1.15 bits per heavy atom. The first-order chi connectivity index (χ1) is 27.3. The quantitative estimate of drug-likeness (QED) is 0.175. The Kier molecular flexibility index (Phi) is 6.51. The summed E-state index contributed by atoms with van der Waals surface area (Å²) in [6, 6.07) is 65.0. The van der Waals surface area contributed by atoms with Gasteiger partial charge in [0.15, 0.2) is 8.07 Å². The van der Waals surface area contributed by atoms with E-state index in [9.17, 15) is 0 Å². The highest BCUT2D eigenvalue weighted by atomic mass is 28.3. The average molecular weight is 720 g/mol. The van der Waals surface area contributed by atoms with Gasteiger partial charge in [-0.05, 0) is 68.3 Å². The van der Waals surface area contributed by atoms with Gasteiger partial charge in [0.05, 0.1) is 0 Å². The molecule has 0 bridgehead atoms. The highest BCUT2D eigenvalue weighted by Gasteiger charge is 2.48. The summed E-state index contributed by atoms with van der Waals surface area (Å²) in [4.78, 5) is 0. The van der Waals surface area contributed by atoms with Crippen molar-refractivity contribution in [1.82, 2.24) is 0 Å². The van der Waals surface area contributed by atoms with Gasteiger partial charge >= 0.3 is 13.8 Å². The molecule has 12 rings (SSSR count). The highest BCUT2D eigenvalue weighted by Crippen LogP contribution is 2.41. The van der Waals surface area contributed by atoms with E-state index in [-0.39, 0.29) is 13.8 Å². The minimum absolute atomic E-state index is 0.279. The molecule has 256 valence electrons. The van der Waals surface area contributed by atoms with Crippen molar-refractivity contribution >= 4 is 64.5 Å². The number of rotatable bonds is 4. The third kappa shape index (κ3) is 4.36. The fourth-order valence-corrected chi connectivity index (χ4v) is 14.2. The molecule has 0 amide bonds. The van der Waals surface area contributed by atoms with Gasteiger partial charge in [-0.25, -0.2) is 0 Å². The fraction of sp³-hybridized carbons (Fsp3) is 0. The van der Waals surface area contributed by atoms with E-state index in [1.807, 2.05) is 24.3 Å². The zero-order valence-electron chi connectivity index (χ0n) is 29.6. The predicted octanol–water partition coefficient (Wildman–Crippen LogP) is 5.61. The molecular formula is C48H30B2O4Si. The van der Waals surface area contributed by atoms with Crippen LogP contribution in [0.3, 0.4) is 0 Å². The van der Waals surface area contributed by atoms with Gasteiger partial charge in [-0.15, -0.1) is 0 Å². The molecule has 4 nitrogen and oxygen atoms in total. The molecule has 0 aliphatic carbocycles. The summed E-state index contributed by atoms with van der Waals surface area (Å²) in [6.45, 7) is -0.558. The van der Waals surface area contributed by atoms with E-state index >= 15 is 0 Å². The minimum atomic E-state index is -3.18. The van der Waals surface area contributed by atoms with E-state index in [0.29, 0.717) is 0 Å². The maximum absolute atomic E-state index is 6.93. The third-order valence-electron chi connectivity index (χ3n) is 11.8. The zero-order valence-corrected chi connectivity index (χ0v) is 30.6. The molecule has 8 aromatic rings. The average Bonchev–Trinajstić information content (AvgIpc) is 3.25. The van der Waals surface area contributed by atoms with E-state index < -0.39 is 8.07 Å². The third-order valence-corrected chi connectivity index (χ3v) is 16.5. The van der Waals surface area contributed by atoms with Crippen molar-refractivity contribution in [2.24, 2.45) is 0 Å². The van der Waals surface area contributed by atoms with Crippen molar-refractivity contribution in [1.29, 1.82) is 0 Å². The van der Waals surface area contributed by atoms with E-state index in [1.54, 1.807) is 0 Å². The van der Waals surface area contributed by atoms with Crippen LogP contribution in [0.1, 0.15) is 0 Å². The first kappa shape index (κ1) is 30.7. The molecule has 0 N–H and O–H groups in total. The summed E-state index contributed by atoms with van der Waals surface area (Å²) in [6.07, 6.45) is 0.